The molecule has 0 saturated heterocycles. The van der Waals surface area contributed by atoms with Crippen LogP contribution in [0.1, 0.15) is 33.6 Å². The third-order valence-corrected chi connectivity index (χ3v) is 6.60. The first kappa shape index (κ1) is 18.2. The Morgan fingerprint density at radius 2 is 1.65 bits per heavy atom. The SMILES string of the molecule is CCOC(=O)C1(C(=O)OCC)C[C@@H]2[C@@H](C)[C@]2(/C=C/[Si](C)(C)C)C1. The summed E-state index contributed by atoms with van der Waals surface area (Å²) in [6.07, 6.45) is 3.39. The Morgan fingerprint density at radius 3 is 2.09 bits per heavy atom. The Bertz CT molecular complexity index is 502. The van der Waals surface area contributed by atoms with Gasteiger partial charge in [-0.05, 0) is 43.9 Å². The second-order valence-corrected chi connectivity index (χ2v) is 13.2. The van der Waals surface area contributed by atoms with Crippen LogP contribution in [0.3, 0.4) is 0 Å². The first-order chi connectivity index (χ1) is 10.6. The van der Waals surface area contributed by atoms with Crippen LogP contribution in [0.5, 0.6) is 0 Å². The molecule has 0 spiro atoms. The standard InChI is InChI=1S/C18H30O4Si/c1-7-21-15(19)18(16(20)22-8-2)11-14-13(3)17(14,12-18)9-10-23(4,5)6/h9-10,13-14H,7-8,11-12H2,1-6H3/b10-9+/t13-,14-,17+/m1/s1. The van der Waals surface area contributed by atoms with E-state index in [2.05, 4.69) is 38.3 Å². The van der Waals surface area contributed by atoms with E-state index >= 15 is 0 Å². The molecule has 2 aliphatic carbocycles. The molecule has 2 fully saturated rings. The van der Waals surface area contributed by atoms with Crippen molar-refractivity contribution in [2.24, 2.45) is 22.7 Å². The fourth-order valence-corrected chi connectivity index (χ4v) is 4.87. The van der Waals surface area contributed by atoms with E-state index in [4.69, 9.17) is 9.47 Å². The number of hydrogen-bond donors (Lipinski definition) is 0. The van der Waals surface area contributed by atoms with E-state index in [1.54, 1.807) is 13.8 Å². The maximum atomic E-state index is 12.6. The third kappa shape index (κ3) is 3.12. The molecule has 23 heavy (non-hydrogen) atoms. The molecular weight excluding hydrogens is 308 g/mol. The minimum Gasteiger partial charge on any atom is -0.465 e. The monoisotopic (exact) mass is 338 g/mol. The van der Waals surface area contributed by atoms with Crippen LogP contribution in [0.15, 0.2) is 11.8 Å². The molecular formula is C18H30O4Si. The van der Waals surface area contributed by atoms with Gasteiger partial charge in [-0.15, -0.1) is 0 Å². The van der Waals surface area contributed by atoms with Crippen LogP contribution in [0.25, 0.3) is 0 Å². The Kier molecular flexibility index (Phi) is 4.82. The first-order valence-corrected chi connectivity index (χ1v) is 12.3. The fourth-order valence-electron chi connectivity index (χ4n) is 4.06. The van der Waals surface area contributed by atoms with Crippen molar-refractivity contribution in [3.05, 3.63) is 11.8 Å². The van der Waals surface area contributed by atoms with Gasteiger partial charge in [0.1, 0.15) is 0 Å². The van der Waals surface area contributed by atoms with Gasteiger partial charge in [0, 0.05) is 0 Å². The van der Waals surface area contributed by atoms with E-state index in [1.807, 2.05) is 0 Å². The summed E-state index contributed by atoms with van der Waals surface area (Å²) in [5, 5.41) is 0. The molecule has 0 N–H and O–H groups in total. The van der Waals surface area contributed by atoms with Gasteiger partial charge in [-0.1, -0.05) is 38.3 Å². The number of fused-ring (bicyclic) bond motifs is 1. The molecule has 4 nitrogen and oxygen atoms in total. The zero-order valence-corrected chi connectivity index (χ0v) is 16.3. The van der Waals surface area contributed by atoms with Crippen molar-refractivity contribution in [2.45, 2.75) is 53.3 Å². The molecule has 0 amide bonds. The highest BCUT2D eigenvalue weighted by molar-refractivity contribution is 6.80. The number of allylic oxidation sites excluding steroid dienone is 1. The summed E-state index contributed by atoms with van der Waals surface area (Å²) in [5.41, 5.74) is 1.21. The van der Waals surface area contributed by atoms with E-state index in [9.17, 15) is 9.59 Å². The van der Waals surface area contributed by atoms with Gasteiger partial charge < -0.3 is 9.47 Å². The van der Waals surface area contributed by atoms with Gasteiger partial charge in [-0.3, -0.25) is 9.59 Å². The molecule has 5 heteroatoms. The van der Waals surface area contributed by atoms with Crippen molar-refractivity contribution >= 4 is 20.0 Å². The quantitative estimate of drug-likeness (QED) is 0.422. The second-order valence-electron chi connectivity index (χ2n) is 8.11. The number of rotatable bonds is 6. The predicted octanol–water partition coefficient (Wildman–Crippen LogP) is 3.58. The minimum atomic E-state index is -1.32. The second kappa shape index (κ2) is 6.08. The van der Waals surface area contributed by atoms with Crippen LogP contribution < -0.4 is 0 Å². The highest BCUT2D eigenvalue weighted by atomic mass is 28.3. The molecule has 0 heterocycles. The van der Waals surface area contributed by atoms with Crippen molar-refractivity contribution in [2.75, 3.05) is 13.2 Å². The van der Waals surface area contributed by atoms with Crippen molar-refractivity contribution in [3.63, 3.8) is 0 Å². The predicted molar refractivity (Wildman–Crippen MR) is 92.5 cm³/mol. The largest absolute Gasteiger partial charge is 0.465 e. The summed E-state index contributed by atoms with van der Waals surface area (Å²) >= 11 is 0. The Morgan fingerprint density at radius 1 is 1.13 bits per heavy atom. The molecule has 0 bridgehead atoms. The fraction of sp³-hybridized carbons (Fsp3) is 0.778. The summed E-state index contributed by atoms with van der Waals surface area (Å²) in [4.78, 5) is 25.1. The van der Waals surface area contributed by atoms with Crippen molar-refractivity contribution in [1.82, 2.24) is 0 Å². The number of esters is 2. The number of carbonyl (C=O) groups is 2. The number of ether oxygens (including phenoxy) is 2. The van der Waals surface area contributed by atoms with E-state index in [0.29, 0.717) is 24.7 Å². The average Bonchev–Trinajstić information content (AvgIpc) is 2.83. The Balaban J connectivity index is 2.29. The van der Waals surface area contributed by atoms with E-state index in [0.717, 1.165) is 0 Å². The number of hydrogen-bond acceptors (Lipinski definition) is 4. The Labute approximate surface area is 140 Å². The van der Waals surface area contributed by atoms with Gasteiger partial charge in [0.15, 0.2) is 5.41 Å². The van der Waals surface area contributed by atoms with Crippen LogP contribution in [-0.2, 0) is 19.1 Å². The molecule has 2 aliphatic rings. The van der Waals surface area contributed by atoms with Gasteiger partial charge in [0.05, 0.1) is 21.3 Å². The molecule has 2 rings (SSSR count). The summed E-state index contributed by atoms with van der Waals surface area (Å²) in [5.74, 6) is 0.0910. The highest BCUT2D eigenvalue weighted by Gasteiger charge is 2.74. The maximum Gasteiger partial charge on any atom is 0.323 e. The Hall–Kier alpha value is -1.10. The van der Waals surface area contributed by atoms with Crippen LogP contribution in [0.4, 0.5) is 0 Å². The maximum absolute atomic E-state index is 12.6. The molecule has 0 radical (unpaired) electrons. The van der Waals surface area contributed by atoms with Gasteiger partial charge in [0.25, 0.3) is 0 Å². The van der Waals surface area contributed by atoms with Crippen LogP contribution in [-0.4, -0.2) is 33.2 Å². The lowest BCUT2D eigenvalue weighted by atomic mass is 9.79. The summed E-state index contributed by atoms with van der Waals surface area (Å²) in [6.45, 7) is 13.2. The van der Waals surface area contributed by atoms with E-state index in [1.165, 1.54) is 0 Å². The molecule has 3 atom stereocenters. The van der Waals surface area contributed by atoms with Gasteiger partial charge in [-0.2, -0.15) is 0 Å². The topological polar surface area (TPSA) is 52.6 Å². The lowest BCUT2D eigenvalue weighted by Crippen LogP contribution is -2.42. The molecule has 0 aromatic heterocycles. The highest BCUT2D eigenvalue weighted by Crippen LogP contribution is 2.74. The van der Waals surface area contributed by atoms with E-state index < -0.39 is 25.4 Å². The average molecular weight is 339 g/mol. The molecule has 0 aromatic rings. The lowest BCUT2D eigenvalue weighted by Gasteiger charge is -2.28. The van der Waals surface area contributed by atoms with E-state index in [-0.39, 0.29) is 18.6 Å². The van der Waals surface area contributed by atoms with Crippen LogP contribution >= 0.6 is 0 Å². The van der Waals surface area contributed by atoms with Gasteiger partial charge in [-0.25, -0.2) is 0 Å². The van der Waals surface area contributed by atoms with Crippen molar-refractivity contribution in [1.29, 1.82) is 0 Å². The van der Waals surface area contributed by atoms with Crippen LogP contribution in [0, 0.1) is 22.7 Å². The summed E-state index contributed by atoms with van der Waals surface area (Å²) < 4.78 is 10.5. The minimum absolute atomic E-state index is 0.0280. The molecule has 0 unspecified atom stereocenters. The smallest absolute Gasteiger partial charge is 0.323 e. The number of carbonyl (C=O) groups excluding carboxylic acids is 2. The van der Waals surface area contributed by atoms with Crippen molar-refractivity contribution in [3.8, 4) is 0 Å². The molecule has 0 aliphatic heterocycles. The zero-order valence-electron chi connectivity index (χ0n) is 15.3. The molecule has 130 valence electrons. The van der Waals surface area contributed by atoms with Gasteiger partial charge >= 0.3 is 11.9 Å². The molecule has 0 aromatic carbocycles. The van der Waals surface area contributed by atoms with Gasteiger partial charge in [0.2, 0.25) is 0 Å². The zero-order chi connectivity index (χ0) is 17.5. The van der Waals surface area contributed by atoms with Crippen molar-refractivity contribution < 1.29 is 19.1 Å². The summed E-state index contributed by atoms with van der Waals surface area (Å²) in [6, 6.07) is 0. The normalized spacial score (nSPS) is 31.7. The molecule has 2 saturated carbocycles. The third-order valence-electron chi connectivity index (χ3n) is 5.43. The van der Waals surface area contributed by atoms with Crippen LogP contribution in [0.2, 0.25) is 19.6 Å². The lowest BCUT2D eigenvalue weighted by molar-refractivity contribution is -0.173. The first-order valence-electron chi connectivity index (χ1n) is 8.68. The summed E-state index contributed by atoms with van der Waals surface area (Å²) in [7, 11) is -1.32.